The first-order valence-electron chi connectivity index (χ1n) is 24.0. The van der Waals surface area contributed by atoms with E-state index in [1.54, 1.807) is 81.5 Å². The number of carbonyl (C=O) groups excluding carboxylic acids is 1. The standard InChI is InChI=1S/C50H80N2O17/c1-30-18-15-13-11-9-7-5-6-8-10-12-14-16-19-37(68-49-47(62)44(52-23-17-22-51)46(61)33(4)67-49)27-41-43(48(63)64)40(58)29-50(65,69-41)28-39(57)38(56)21-20-34(53)24-35(54)25-36(55)26-42(59)66-32(3)31(2)45(30)60/h5-16,18-19,30-41,43-47,49,52-58,60-62,65H,17,20-29,51H2,1-4H3,(H,63,64)/b6-5+,9-7+,10-8+,13-11+,14-12+,18-15+,19-16+/t30-,31-,32-,33-,34+,35+,36+,37-,38+,39+,40-,41-,43+,44+,45+,46-,47+,49+,50+/m0/s1. The summed E-state index contributed by atoms with van der Waals surface area (Å²) < 4.78 is 23.6. The molecule has 3 aliphatic rings. The van der Waals surface area contributed by atoms with Gasteiger partial charge in [0.05, 0.1) is 79.6 Å². The molecule has 0 amide bonds. The maximum absolute atomic E-state index is 12.6. The maximum Gasteiger partial charge on any atom is 0.311 e. The van der Waals surface area contributed by atoms with Gasteiger partial charge in [0.2, 0.25) is 0 Å². The van der Waals surface area contributed by atoms with Crippen LogP contribution < -0.4 is 11.1 Å². The van der Waals surface area contributed by atoms with Gasteiger partial charge in [-0.25, -0.2) is 0 Å². The van der Waals surface area contributed by atoms with Gasteiger partial charge in [-0.1, -0.05) is 98.9 Å². The van der Waals surface area contributed by atoms with Gasteiger partial charge in [-0.3, -0.25) is 9.59 Å². The van der Waals surface area contributed by atoms with E-state index in [4.69, 9.17) is 24.7 Å². The average Bonchev–Trinajstić information content (AvgIpc) is 3.26. The Labute approximate surface area is 405 Å². The molecule has 69 heavy (non-hydrogen) atoms. The number of rotatable bonds is 7. The van der Waals surface area contributed by atoms with E-state index < -0.39 is 141 Å². The highest BCUT2D eigenvalue weighted by molar-refractivity contribution is 5.71. The van der Waals surface area contributed by atoms with E-state index >= 15 is 0 Å². The van der Waals surface area contributed by atoms with Gasteiger partial charge in [0.1, 0.15) is 18.1 Å². The van der Waals surface area contributed by atoms with Gasteiger partial charge >= 0.3 is 11.9 Å². The number of fused-ring (bicyclic) bond motifs is 2. The van der Waals surface area contributed by atoms with Crippen LogP contribution in [0.15, 0.2) is 85.1 Å². The minimum atomic E-state index is -2.36. The molecule has 0 aliphatic carbocycles. The topological polar surface area (TPSA) is 332 Å². The Bertz CT molecular complexity index is 1740. The fourth-order valence-electron chi connectivity index (χ4n) is 8.53. The number of carboxylic acids is 1. The van der Waals surface area contributed by atoms with E-state index in [1.165, 1.54) is 0 Å². The zero-order chi connectivity index (χ0) is 51.3. The quantitative estimate of drug-likeness (QED) is 0.123. The predicted molar refractivity (Wildman–Crippen MR) is 254 cm³/mol. The third-order valence-corrected chi connectivity index (χ3v) is 12.7. The number of esters is 1. The Balaban J connectivity index is 1.89. The summed E-state index contributed by atoms with van der Waals surface area (Å²) in [4.78, 5) is 25.2. The van der Waals surface area contributed by atoms with Crippen molar-refractivity contribution < 1.29 is 84.7 Å². The molecule has 0 unspecified atom stereocenters. The highest BCUT2D eigenvalue weighted by Gasteiger charge is 2.51. The molecule has 19 nitrogen and oxygen atoms in total. The van der Waals surface area contributed by atoms with E-state index in [1.807, 2.05) is 31.2 Å². The number of aliphatic hydroxyl groups is 10. The molecular formula is C50H80N2O17. The summed E-state index contributed by atoms with van der Waals surface area (Å²) in [6.07, 6.45) is 4.46. The van der Waals surface area contributed by atoms with E-state index in [0.29, 0.717) is 19.5 Å². The van der Waals surface area contributed by atoms with Crippen molar-refractivity contribution in [1.29, 1.82) is 0 Å². The third kappa shape index (κ3) is 20.6. The van der Waals surface area contributed by atoms with Crippen molar-refractivity contribution in [3.05, 3.63) is 85.1 Å². The molecule has 2 bridgehead atoms. The van der Waals surface area contributed by atoms with E-state index in [-0.39, 0.29) is 38.0 Å². The molecular weight excluding hydrogens is 901 g/mol. The number of nitrogens with two attached hydrogens (primary N) is 1. The van der Waals surface area contributed by atoms with Gasteiger partial charge < -0.3 is 86.2 Å². The summed E-state index contributed by atoms with van der Waals surface area (Å²) in [7, 11) is 0. The SMILES string of the molecule is C[C@@H]1[C@H](O)[C@@H](C)/C=C/C=C/C=C/C=C/C=C/C=C/C=C/[C@H](O[C@H]2O[C@@H](C)[C@H](O)[C@@H](NCCCN)[C@H]2O)C[C@@H]2O[C@](O)(C[C@@H](O)[C@H](O)CC[C@@H](O)C[C@@H](O)C[C@@H](O)CC(=O)O[C@H]1C)C[C@H](O)[C@H]2C(=O)O. The van der Waals surface area contributed by atoms with Crippen LogP contribution in [0.4, 0.5) is 0 Å². The van der Waals surface area contributed by atoms with Crippen molar-refractivity contribution in [2.75, 3.05) is 13.1 Å². The number of hydrogen-bond acceptors (Lipinski definition) is 18. The maximum atomic E-state index is 12.6. The molecule has 19 atom stereocenters. The van der Waals surface area contributed by atoms with Crippen molar-refractivity contribution in [3.63, 3.8) is 0 Å². The predicted octanol–water partition coefficient (Wildman–Crippen LogP) is 0.691. The second-order valence-electron chi connectivity index (χ2n) is 18.6. The number of carbonyl (C=O) groups is 2. The highest BCUT2D eigenvalue weighted by Crippen LogP contribution is 2.38. The number of carboxylic acid groups (broad SMARTS) is 1. The van der Waals surface area contributed by atoms with Crippen LogP contribution in [-0.4, -0.2) is 179 Å². The molecule has 2 fully saturated rings. The monoisotopic (exact) mass is 981 g/mol. The number of aliphatic hydroxyl groups excluding tert-OH is 9. The van der Waals surface area contributed by atoms with Crippen LogP contribution in [-0.2, 0) is 28.5 Å². The fraction of sp³-hybridized carbons (Fsp3) is 0.680. The first-order valence-corrected chi connectivity index (χ1v) is 24.0. The molecule has 3 aliphatic heterocycles. The number of ether oxygens (including phenoxy) is 4. The lowest BCUT2D eigenvalue weighted by Crippen LogP contribution is -2.63. The van der Waals surface area contributed by atoms with Crippen LogP contribution >= 0.6 is 0 Å². The summed E-state index contributed by atoms with van der Waals surface area (Å²) in [6, 6.07) is -0.884. The Kier molecular flexibility index (Phi) is 26.4. The summed E-state index contributed by atoms with van der Waals surface area (Å²) in [5, 5.41) is 123. The van der Waals surface area contributed by atoms with Crippen LogP contribution in [0.5, 0.6) is 0 Å². The molecule has 3 rings (SSSR count). The third-order valence-electron chi connectivity index (χ3n) is 12.7. The summed E-state index contributed by atoms with van der Waals surface area (Å²) in [6.45, 7) is 7.56. The lowest BCUT2D eigenvalue weighted by Gasteiger charge is -2.45. The second-order valence-corrected chi connectivity index (χ2v) is 18.6. The molecule has 0 spiro atoms. The summed E-state index contributed by atoms with van der Waals surface area (Å²) >= 11 is 0. The molecule has 0 saturated carbocycles. The Morgan fingerprint density at radius 2 is 1.28 bits per heavy atom. The minimum absolute atomic E-state index is 0.141. The molecule has 0 aromatic carbocycles. The summed E-state index contributed by atoms with van der Waals surface area (Å²) in [5.41, 5.74) is 5.64. The first kappa shape index (κ1) is 59.8. The van der Waals surface area contributed by atoms with Crippen molar-refractivity contribution in [2.24, 2.45) is 23.5 Å². The van der Waals surface area contributed by atoms with Crippen LogP contribution in [0.1, 0.15) is 85.5 Å². The van der Waals surface area contributed by atoms with Crippen LogP contribution in [0.3, 0.4) is 0 Å². The first-order chi connectivity index (χ1) is 32.7. The normalized spacial score (nSPS) is 43.6. The number of nitrogens with one attached hydrogen (secondary N) is 1. The number of cyclic esters (lactones) is 1. The van der Waals surface area contributed by atoms with Crippen molar-refractivity contribution >= 4 is 11.9 Å². The number of hydrogen-bond donors (Lipinski definition) is 13. The largest absolute Gasteiger partial charge is 0.481 e. The number of aliphatic carboxylic acids is 1. The van der Waals surface area contributed by atoms with Gasteiger partial charge in [0.15, 0.2) is 12.1 Å². The van der Waals surface area contributed by atoms with Crippen LogP contribution in [0.25, 0.3) is 0 Å². The zero-order valence-electron chi connectivity index (χ0n) is 40.2. The fourth-order valence-corrected chi connectivity index (χ4v) is 8.53. The van der Waals surface area contributed by atoms with E-state index in [2.05, 4.69) is 5.32 Å². The Morgan fingerprint density at radius 3 is 1.87 bits per heavy atom. The zero-order valence-corrected chi connectivity index (χ0v) is 40.2. The molecule has 0 radical (unpaired) electrons. The van der Waals surface area contributed by atoms with Crippen molar-refractivity contribution in [1.82, 2.24) is 5.32 Å². The smallest absolute Gasteiger partial charge is 0.311 e. The Morgan fingerprint density at radius 1 is 0.710 bits per heavy atom. The molecule has 14 N–H and O–H groups in total. The van der Waals surface area contributed by atoms with E-state index in [9.17, 15) is 65.8 Å². The highest BCUT2D eigenvalue weighted by atomic mass is 16.7. The van der Waals surface area contributed by atoms with Crippen molar-refractivity contribution in [2.45, 2.75) is 183 Å². The molecule has 3 heterocycles. The van der Waals surface area contributed by atoms with Gasteiger partial charge in [-0.2, -0.15) is 0 Å². The van der Waals surface area contributed by atoms with Gasteiger partial charge in [0, 0.05) is 31.1 Å². The van der Waals surface area contributed by atoms with E-state index in [0.717, 1.165) is 0 Å². The second kappa shape index (κ2) is 30.4. The molecule has 392 valence electrons. The van der Waals surface area contributed by atoms with Crippen LogP contribution in [0.2, 0.25) is 0 Å². The molecule has 2 saturated heterocycles. The average molecular weight is 981 g/mol. The minimum Gasteiger partial charge on any atom is -0.481 e. The van der Waals surface area contributed by atoms with Crippen LogP contribution in [0, 0.1) is 17.8 Å². The van der Waals surface area contributed by atoms with Gasteiger partial charge in [-0.15, -0.1) is 0 Å². The molecule has 0 aromatic rings. The van der Waals surface area contributed by atoms with Gasteiger partial charge in [-0.05, 0) is 59.0 Å². The molecule has 19 heteroatoms. The van der Waals surface area contributed by atoms with Gasteiger partial charge in [0.25, 0.3) is 0 Å². The molecule has 0 aromatic heterocycles. The number of allylic oxidation sites excluding steroid dienone is 12. The lowest BCUT2D eigenvalue weighted by molar-refractivity contribution is -0.310. The lowest BCUT2D eigenvalue weighted by atomic mass is 9.82. The van der Waals surface area contributed by atoms with Crippen molar-refractivity contribution in [3.8, 4) is 0 Å². The summed E-state index contributed by atoms with van der Waals surface area (Å²) in [5.74, 6) is -6.88. The Hall–Kier alpha value is -3.48.